The van der Waals surface area contributed by atoms with Gasteiger partial charge in [-0.25, -0.2) is 4.98 Å². The summed E-state index contributed by atoms with van der Waals surface area (Å²) in [7, 11) is 1.68. The number of carbonyl (C=O) groups is 1. The predicted octanol–water partition coefficient (Wildman–Crippen LogP) is 2.81. The summed E-state index contributed by atoms with van der Waals surface area (Å²) < 4.78 is 11.9. The van der Waals surface area contributed by atoms with Gasteiger partial charge in [-0.15, -0.1) is 11.3 Å². The van der Waals surface area contributed by atoms with Gasteiger partial charge in [0.05, 0.1) is 18.2 Å². The topological polar surface area (TPSA) is 84.5 Å². The zero-order chi connectivity index (χ0) is 19.5. The Morgan fingerprint density at radius 1 is 1.43 bits per heavy atom. The van der Waals surface area contributed by atoms with E-state index in [2.05, 4.69) is 9.97 Å². The van der Waals surface area contributed by atoms with Crippen LogP contribution < -0.4 is 10.3 Å². The van der Waals surface area contributed by atoms with Crippen molar-refractivity contribution in [2.45, 2.75) is 25.5 Å². The lowest BCUT2D eigenvalue weighted by atomic mass is 10.2. The van der Waals surface area contributed by atoms with Crippen LogP contribution in [0.15, 0.2) is 40.5 Å². The highest BCUT2D eigenvalue weighted by molar-refractivity contribution is 7.17. The predicted molar refractivity (Wildman–Crippen MR) is 107 cm³/mol. The number of nitrogens with zero attached hydrogens (tertiary/aromatic N) is 2. The average Bonchev–Trinajstić information content (AvgIpc) is 3.38. The van der Waals surface area contributed by atoms with Crippen LogP contribution in [0.5, 0.6) is 5.75 Å². The Balaban J connectivity index is 1.43. The van der Waals surface area contributed by atoms with Crippen LogP contribution in [-0.2, 0) is 11.3 Å². The van der Waals surface area contributed by atoms with Crippen molar-refractivity contribution in [3.05, 3.63) is 57.5 Å². The quantitative estimate of drug-likeness (QED) is 0.689. The fourth-order valence-electron chi connectivity index (χ4n) is 3.20. The first-order chi connectivity index (χ1) is 13.6. The van der Waals surface area contributed by atoms with Crippen LogP contribution in [0.4, 0.5) is 0 Å². The molecule has 8 heteroatoms. The van der Waals surface area contributed by atoms with Gasteiger partial charge in [0, 0.05) is 19.2 Å². The number of carbonyl (C=O) groups excluding carboxylic acids is 1. The lowest BCUT2D eigenvalue weighted by Crippen LogP contribution is -2.28. The Morgan fingerprint density at radius 2 is 2.32 bits per heavy atom. The van der Waals surface area contributed by atoms with Gasteiger partial charge >= 0.3 is 0 Å². The molecule has 0 unspecified atom stereocenters. The monoisotopic (exact) mass is 399 g/mol. The van der Waals surface area contributed by atoms with Gasteiger partial charge < -0.3 is 19.4 Å². The molecule has 1 N–H and O–H groups in total. The molecule has 1 aromatic carbocycles. The molecule has 1 atom stereocenters. The molecule has 146 valence electrons. The molecule has 1 aliphatic rings. The molecule has 1 amide bonds. The lowest BCUT2D eigenvalue weighted by Gasteiger charge is -2.17. The number of rotatable bonds is 6. The number of aromatic amines is 1. The first kappa shape index (κ1) is 18.6. The largest absolute Gasteiger partial charge is 0.491 e. The highest BCUT2D eigenvalue weighted by Gasteiger charge is 2.18. The molecule has 0 saturated carbocycles. The van der Waals surface area contributed by atoms with E-state index in [1.165, 1.54) is 16.2 Å². The summed E-state index contributed by atoms with van der Waals surface area (Å²) in [5, 5.41) is 1.83. The van der Waals surface area contributed by atoms with Crippen LogP contribution in [0.3, 0.4) is 0 Å². The van der Waals surface area contributed by atoms with Gasteiger partial charge in [-0.1, -0.05) is 6.07 Å². The number of fused-ring (bicyclic) bond motifs is 1. The Hall–Kier alpha value is -2.71. The number of thiophene rings is 1. The molecule has 3 aromatic rings. The van der Waals surface area contributed by atoms with Crippen molar-refractivity contribution in [3.63, 3.8) is 0 Å². The summed E-state index contributed by atoms with van der Waals surface area (Å²) in [6, 6.07) is 8.90. The maximum absolute atomic E-state index is 12.8. The van der Waals surface area contributed by atoms with Crippen molar-refractivity contribution in [3.8, 4) is 5.75 Å². The highest BCUT2D eigenvalue weighted by atomic mass is 32.1. The van der Waals surface area contributed by atoms with Crippen LogP contribution in [0.25, 0.3) is 10.2 Å². The molecule has 2 aromatic heterocycles. The van der Waals surface area contributed by atoms with Crippen molar-refractivity contribution in [1.82, 2.24) is 14.9 Å². The number of hydrogen-bond donors (Lipinski definition) is 1. The van der Waals surface area contributed by atoms with E-state index < -0.39 is 0 Å². The molecule has 0 radical (unpaired) electrons. The summed E-state index contributed by atoms with van der Waals surface area (Å²) in [5.74, 6) is 0.925. The third kappa shape index (κ3) is 4.07. The molecule has 3 heterocycles. The van der Waals surface area contributed by atoms with Crippen LogP contribution in [0.1, 0.15) is 29.0 Å². The molecule has 0 spiro atoms. The third-order valence-corrected chi connectivity index (χ3v) is 5.54. The van der Waals surface area contributed by atoms with Gasteiger partial charge in [-0.3, -0.25) is 9.59 Å². The number of hydrogen-bond acceptors (Lipinski definition) is 6. The maximum atomic E-state index is 12.8. The first-order valence-electron chi connectivity index (χ1n) is 9.16. The fourth-order valence-corrected chi connectivity index (χ4v) is 3.92. The van der Waals surface area contributed by atoms with Crippen LogP contribution in [0.2, 0.25) is 0 Å². The van der Waals surface area contributed by atoms with Gasteiger partial charge in [0.25, 0.3) is 11.5 Å². The number of aromatic nitrogens is 2. The Kier molecular flexibility index (Phi) is 5.40. The minimum Gasteiger partial charge on any atom is -0.491 e. The summed E-state index contributed by atoms with van der Waals surface area (Å²) >= 11 is 1.35. The first-order valence-corrected chi connectivity index (χ1v) is 10.0. The van der Waals surface area contributed by atoms with E-state index in [1.807, 2.05) is 11.4 Å². The molecule has 4 rings (SSSR count). The van der Waals surface area contributed by atoms with Gasteiger partial charge in [0.1, 0.15) is 22.9 Å². The normalized spacial score (nSPS) is 16.4. The smallest absolute Gasteiger partial charge is 0.268 e. The second kappa shape index (κ2) is 8.12. The van der Waals surface area contributed by atoms with Crippen molar-refractivity contribution in [1.29, 1.82) is 0 Å². The van der Waals surface area contributed by atoms with Gasteiger partial charge in [0.15, 0.2) is 0 Å². The SMILES string of the molecule is CN(Cc1nc2ccsc2c(=O)[nH]1)C(=O)c1cccc(OC[C@H]2CCCO2)c1. The zero-order valence-corrected chi connectivity index (χ0v) is 16.3. The second-order valence-electron chi connectivity index (χ2n) is 6.78. The zero-order valence-electron chi connectivity index (χ0n) is 15.5. The molecule has 1 fully saturated rings. The van der Waals surface area contributed by atoms with E-state index in [9.17, 15) is 9.59 Å². The summed E-state index contributed by atoms with van der Waals surface area (Å²) in [4.78, 5) is 33.6. The minimum atomic E-state index is -0.180. The van der Waals surface area contributed by atoms with E-state index in [1.54, 1.807) is 31.3 Å². The fraction of sp³-hybridized carbons (Fsp3) is 0.350. The van der Waals surface area contributed by atoms with E-state index in [0.29, 0.717) is 34.0 Å². The molecule has 0 aliphatic carbocycles. The van der Waals surface area contributed by atoms with Gasteiger partial charge in [-0.05, 0) is 42.5 Å². The Bertz CT molecular complexity index is 1040. The van der Waals surface area contributed by atoms with Crippen molar-refractivity contribution >= 4 is 27.5 Å². The van der Waals surface area contributed by atoms with Crippen molar-refractivity contribution in [2.24, 2.45) is 0 Å². The number of amides is 1. The molecular weight excluding hydrogens is 378 g/mol. The summed E-state index contributed by atoms with van der Waals surface area (Å²) in [6.07, 6.45) is 2.18. The number of H-pyrrole nitrogens is 1. The minimum absolute atomic E-state index is 0.122. The van der Waals surface area contributed by atoms with Crippen LogP contribution >= 0.6 is 11.3 Å². The van der Waals surface area contributed by atoms with Gasteiger partial charge in [0.2, 0.25) is 0 Å². The average molecular weight is 399 g/mol. The molecule has 1 aliphatic heterocycles. The molecule has 7 nitrogen and oxygen atoms in total. The van der Waals surface area contributed by atoms with E-state index in [0.717, 1.165) is 19.4 Å². The van der Waals surface area contributed by atoms with Crippen molar-refractivity contribution in [2.75, 3.05) is 20.3 Å². The van der Waals surface area contributed by atoms with E-state index in [4.69, 9.17) is 9.47 Å². The highest BCUT2D eigenvalue weighted by Crippen LogP contribution is 2.19. The van der Waals surface area contributed by atoms with Crippen molar-refractivity contribution < 1.29 is 14.3 Å². The lowest BCUT2D eigenvalue weighted by molar-refractivity contribution is 0.0678. The number of benzene rings is 1. The van der Waals surface area contributed by atoms with E-state index >= 15 is 0 Å². The third-order valence-electron chi connectivity index (χ3n) is 4.64. The summed E-state index contributed by atoms with van der Waals surface area (Å²) in [6.45, 7) is 1.48. The molecule has 28 heavy (non-hydrogen) atoms. The van der Waals surface area contributed by atoms with Gasteiger partial charge in [-0.2, -0.15) is 0 Å². The van der Waals surface area contributed by atoms with Crippen LogP contribution in [-0.4, -0.2) is 47.1 Å². The maximum Gasteiger partial charge on any atom is 0.268 e. The second-order valence-corrected chi connectivity index (χ2v) is 7.70. The summed E-state index contributed by atoms with van der Waals surface area (Å²) in [5.41, 5.74) is 0.987. The van der Waals surface area contributed by atoms with Crippen LogP contribution in [0, 0.1) is 0 Å². The molecule has 0 bridgehead atoms. The standard InChI is InChI=1S/C20H21N3O4S/c1-23(11-17-21-16-7-9-28-18(16)19(24)22-17)20(25)13-4-2-5-14(10-13)27-12-15-6-3-8-26-15/h2,4-5,7,9-10,15H,3,6,8,11-12H2,1H3,(H,21,22,24)/t15-/m1/s1. The number of nitrogens with one attached hydrogen (secondary N) is 1. The van der Waals surface area contributed by atoms with E-state index in [-0.39, 0.29) is 24.1 Å². The number of ether oxygens (including phenoxy) is 2. The Labute approximate surface area is 165 Å². The Morgan fingerprint density at radius 3 is 3.14 bits per heavy atom. The molecule has 1 saturated heterocycles. The molecular formula is C20H21N3O4S.